The van der Waals surface area contributed by atoms with Gasteiger partial charge in [0.2, 0.25) is 5.91 Å². The van der Waals surface area contributed by atoms with Crippen LogP contribution in [0.15, 0.2) is 0 Å². The molecule has 0 bridgehead atoms. The van der Waals surface area contributed by atoms with Crippen LogP contribution in [-0.4, -0.2) is 17.0 Å². The van der Waals surface area contributed by atoms with Gasteiger partial charge in [-0.1, -0.05) is 40.5 Å². The number of thiophene rings is 1. The molecule has 2 aliphatic rings. The maximum atomic E-state index is 12.8. The average molecular weight is 378 g/mol. The molecule has 144 valence electrons. The lowest BCUT2D eigenvalue weighted by molar-refractivity contribution is -0.122. The smallest absolute Gasteiger partial charge is 0.339 e. The molecule has 1 aromatic rings. The summed E-state index contributed by atoms with van der Waals surface area (Å²) in [5.41, 5.74) is 1.51. The van der Waals surface area contributed by atoms with Gasteiger partial charge in [0.15, 0.2) is 0 Å². The molecular weight excluding hydrogens is 346 g/mol. The fourth-order valence-electron chi connectivity index (χ4n) is 4.55. The van der Waals surface area contributed by atoms with Crippen molar-refractivity contribution >= 4 is 28.2 Å². The molecule has 3 atom stereocenters. The Kier molecular flexibility index (Phi) is 5.48. The Balaban J connectivity index is 1.85. The number of anilines is 1. The average Bonchev–Trinajstić information content (AvgIpc) is 2.91. The third-order valence-electron chi connectivity index (χ3n) is 6.39. The molecule has 1 heterocycles. The van der Waals surface area contributed by atoms with Crippen molar-refractivity contribution in [3.63, 3.8) is 0 Å². The minimum Gasteiger partial charge on any atom is -0.478 e. The summed E-state index contributed by atoms with van der Waals surface area (Å²) in [7, 11) is 0. The number of carboxylic acid groups (broad SMARTS) is 1. The van der Waals surface area contributed by atoms with E-state index in [1.54, 1.807) is 0 Å². The molecular formula is C21H31NO3S. The first-order valence-corrected chi connectivity index (χ1v) is 10.7. The van der Waals surface area contributed by atoms with Crippen LogP contribution in [0, 0.1) is 23.2 Å². The van der Waals surface area contributed by atoms with Gasteiger partial charge in [-0.15, -0.1) is 11.3 Å². The summed E-state index contributed by atoms with van der Waals surface area (Å²) in [6.45, 7) is 8.89. The third-order valence-corrected chi connectivity index (χ3v) is 7.56. The van der Waals surface area contributed by atoms with Gasteiger partial charge in [-0.2, -0.15) is 0 Å². The summed E-state index contributed by atoms with van der Waals surface area (Å²) in [5, 5.41) is 13.3. The lowest BCUT2D eigenvalue weighted by Gasteiger charge is -2.33. The maximum absolute atomic E-state index is 12.8. The van der Waals surface area contributed by atoms with E-state index in [0.29, 0.717) is 22.4 Å². The van der Waals surface area contributed by atoms with Gasteiger partial charge >= 0.3 is 5.97 Å². The maximum Gasteiger partial charge on any atom is 0.339 e. The second kappa shape index (κ2) is 7.34. The molecule has 26 heavy (non-hydrogen) atoms. The number of hydrogen-bond acceptors (Lipinski definition) is 3. The van der Waals surface area contributed by atoms with E-state index in [-0.39, 0.29) is 17.2 Å². The van der Waals surface area contributed by atoms with Crippen molar-refractivity contribution in [2.24, 2.45) is 23.2 Å². The molecule has 1 amide bonds. The first-order chi connectivity index (χ1) is 12.2. The van der Waals surface area contributed by atoms with Crippen molar-refractivity contribution in [2.75, 3.05) is 5.32 Å². The zero-order valence-electron chi connectivity index (χ0n) is 16.4. The topological polar surface area (TPSA) is 66.4 Å². The van der Waals surface area contributed by atoms with Crippen LogP contribution in [0.1, 0.15) is 80.6 Å². The van der Waals surface area contributed by atoms with Crippen LogP contribution in [-0.2, 0) is 17.6 Å². The van der Waals surface area contributed by atoms with E-state index in [1.807, 2.05) is 0 Å². The van der Waals surface area contributed by atoms with Crippen molar-refractivity contribution in [3.8, 4) is 0 Å². The molecule has 2 aliphatic carbocycles. The highest BCUT2D eigenvalue weighted by molar-refractivity contribution is 7.17. The van der Waals surface area contributed by atoms with Gasteiger partial charge < -0.3 is 10.4 Å². The molecule has 5 heteroatoms. The van der Waals surface area contributed by atoms with Crippen molar-refractivity contribution in [3.05, 3.63) is 16.0 Å². The molecule has 0 saturated heterocycles. The molecule has 1 aromatic heterocycles. The zero-order chi connectivity index (χ0) is 19.1. The number of carbonyl (C=O) groups excluding carboxylic acids is 1. The van der Waals surface area contributed by atoms with E-state index in [1.165, 1.54) is 17.8 Å². The number of hydrogen-bond donors (Lipinski definition) is 2. The summed E-state index contributed by atoms with van der Waals surface area (Å²) in [6, 6.07) is 0. The summed E-state index contributed by atoms with van der Waals surface area (Å²) < 4.78 is 0. The summed E-state index contributed by atoms with van der Waals surface area (Å²) >= 11 is 1.49. The van der Waals surface area contributed by atoms with Gasteiger partial charge in [0.25, 0.3) is 0 Å². The predicted octanol–water partition coefficient (Wildman–Crippen LogP) is 5.36. The van der Waals surface area contributed by atoms with Crippen LogP contribution < -0.4 is 5.32 Å². The molecule has 2 N–H and O–H groups in total. The number of amides is 1. The first-order valence-electron chi connectivity index (χ1n) is 9.87. The SMILES string of the molecule is CC1CCCCC1C(=O)Nc1sc2c(c1C(=O)O)CCC(C(C)(C)C)C2. The van der Waals surface area contributed by atoms with Crippen LogP contribution in [0.5, 0.6) is 0 Å². The van der Waals surface area contributed by atoms with Crippen molar-refractivity contribution in [1.82, 2.24) is 0 Å². The van der Waals surface area contributed by atoms with E-state index < -0.39 is 5.97 Å². The van der Waals surface area contributed by atoms with Gasteiger partial charge in [0.1, 0.15) is 5.00 Å². The van der Waals surface area contributed by atoms with Gasteiger partial charge in [-0.3, -0.25) is 4.79 Å². The third kappa shape index (κ3) is 3.83. The Morgan fingerprint density at radius 1 is 1.15 bits per heavy atom. The van der Waals surface area contributed by atoms with Crippen LogP contribution in [0.2, 0.25) is 0 Å². The Hall–Kier alpha value is -1.36. The number of rotatable bonds is 3. The Morgan fingerprint density at radius 2 is 1.85 bits per heavy atom. The van der Waals surface area contributed by atoms with E-state index in [0.717, 1.165) is 49.0 Å². The van der Waals surface area contributed by atoms with E-state index in [4.69, 9.17) is 0 Å². The molecule has 3 unspecified atom stereocenters. The Labute approximate surface area is 160 Å². The lowest BCUT2D eigenvalue weighted by atomic mass is 9.72. The van der Waals surface area contributed by atoms with Gasteiger partial charge in [-0.05, 0) is 54.9 Å². The zero-order valence-corrected chi connectivity index (χ0v) is 17.2. The number of aromatic carboxylic acids is 1. The molecule has 0 radical (unpaired) electrons. The fraction of sp³-hybridized carbons (Fsp3) is 0.714. The van der Waals surface area contributed by atoms with Crippen LogP contribution in [0.4, 0.5) is 5.00 Å². The van der Waals surface area contributed by atoms with E-state index in [2.05, 4.69) is 33.0 Å². The monoisotopic (exact) mass is 377 g/mol. The number of fused-ring (bicyclic) bond motifs is 1. The molecule has 1 saturated carbocycles. The van der Waals surface area contributed by atoms with Gasteiger partial charge in [-0.25, -0.2) is 4.79 Å². The van der Waals surface area contributed by atoms with Gasteiger partial charge in [0, 0.05) is 10.8 Å². The number of carbonyl (C=O) groups is 2. The normalized spacial score (nSPS) is 26.2. The van der Waals surface area contributed by atoms with Crippen molar-refractivity contribution < 1.29 is 14.7 Å². The molecule has 1 fully saturated rings. The van der Waals surface area contributed by atoms with Crippen LogP contribution in [0.3, 0.4) is 0 Å². The molecule has 0 aromatic carbocycles. The molecule has 4 nitrogen and oxygen atoms in total. The number of nitrogens with one attached hydrogen (secondary N) is 1. The van der Waals surface area contributed by atoms with E-state index >= 15 is 0 Å². The molecule has 0 spiro atoms. The molecule has 3 rings (SSSR count). The Morgan fingerprint density at radius 3 is 2.46 bits per heavy atom. The highest BCUT2D eigenvalue weighted by Gasteiger charge is 2.35. The fourth-order valence-corrected chi connectivity index (χ4v) is 5.87. The standard InChI is InChI=1S/C21H31NO3S/c1-12-7-5-6-8-14(12)18(23)22-19-17(20(24)25)15-10-9-13(21(2,3)4)11-16(15)26-19/h12-14H,5-11H2,1-4H3,(H,22,23)(H,24,25). The van der Waals surface area contributed by atoms with E-state index in [9.17, 15) is 14.7 Å². The van der Waals surface area contributed by atoms with Crippen molar-refractivity contribution in [1.29, 1.82) is 0 Å². The predicted molar refractivity (Wildman–Crippen MR) is 106 cm³/mol. The van der Waals surface area contributed by atoms with Gasteiger partial charge in [0.05, 0.1) is 5.56 Å². The minimum atomic E-state index is -0.913. The Bertz CT molecular complexity index is 701. The summed E-state index contributed by atoms with van der Waals surface area (Å²) in [4.78, 5) is 25.9. The first kappa shape index (κ1) is 19.4. The minimum absolute atomic E-state index is 0.00525. The van der Waals surface area contributed by atoms with Crippen molar-refractivity contribution in [2.45, 2.75) is 72.6 Å². The quantitative estimate of drug-likeness (QED) is 0.745. The summed E-state index contributed by atoms with van der Waals surface area (Å²) in [6.07, 6.45) is 6.99. The summed E-state index contributed by atoms with van der Waals surface area (Å²) in [5.74, 6) is 0.0234. The second-order valence-corrected chi connectivity index (χ2v) is 10.3. The lowest BCUT2D eigenvalue weighted by Crippen LogP contribution is -2.30. The highest BCUT2D eigenvalue weighted by atomic mass is 32.1. The second-order valence-electron chi connectivity index (χ2n) is 9.18. The molecule has 0 aliphatic heterocycles. The van der Waals surface area contributed by atoms with Crippen LogP contribution >= 0.6 is 11.3 Å². The number of carboxylic acids is 1. The van der Waals surface area contributed by atoms with Crippen LogP contribution in [0.25, 0.3) is 0 Å². The highest BCUT2D eigenvalue weighted by Crippen LogP contribution is 2.44. The largest absolute Gasteiger partial charge is 0.478 e.